The van der Waals surface area contributed by atoms with Gasteiger partial charge in [-0.15, -0.1) is 0 Å². The van der Waals surface area contributed by atoms with E-state index >= 15 is 0 Å². The van der Waals surface area contributed by atoms with Crippen molar-refractivity contribution in [3.63, 3.8) is 0 Å². The summed E-state index contributed by atoms with van der Waals surface area (Å²) in [5.41, 5.74) is 5.41. The van der Waals surface area contributed by atoms with E-state index < -0.39 is 0 Å². The molecule has 0 N–H and O–H groups in total. The molecule has 0 radical (unpaired) electrons. The quantitative estimate of drug-likeness (QED) is 0.507. The maximum absolute atomic E-state index is 5.71. The average Bonchev–Trinajstić information content (AvgIpc) is 2.97. The van der Waals surface area contributed by atoms with Gasteiger partial charge in [0, 0.05) is 12.6 Å². The van der Waals surface area contributed by atoms with E-state index in [0.29, 0.717) is 6.04 Å². The first-order valence-electron chi connectivity index (χ1n) is 10.9. The predicted octanol–water partition coefficient (Wildman–Crippen LogP) is 5.93. The highest BCUT2D eigenvalue weighted by Crippen LogP contribution is 2.43. The molecule has 0 aliphatic carbocycles. The summed E-state index contributed by atoms with van der Waals surface area (Å²) in [4.78, 5) is 2.73. The van der Waals surface area contributed by atoms with E-state index in [1.54, 1.807) is 14.2 Å². The molecule has 1 fully saturated rings. The van der Waals surface area contributed by atoms with Gasteiger partial charge in [0.15, 0.2) is 0 Å². The second-order valence-corrected chi connectivity index (χ2v) is 8.87. The zero-order valence-corrected chi connectivity index (χ0v) is 18.1. The maximum Gasteiger partial charge on any atom is 0.122 e. The van der Waals surface area contributed by atoms with Gasteiger partial charge in [0.05, 0.1) is 14.2 Å². The number of benzene rings is 3. The summed E-state index contributed by atoms with van der Waals surface area (Å²) >= 11 is 0. The Kier molecular flexibility index (Phi) is 4.66. The highest BCUT2D eigenvalue weighted by Gasteiger charge is 2.30. The molecule has 29 heavy (non-hydrogen) atoms. The Morgan fingerprint density at radius 3 is 2.00 bits per heavy atom. The van der Waals surface area contributed by atoms with E-state index in [1.165, 1.54) is 76.0 Å². The molecule has 3 aromatic rings. The first-order chi connectivity index (χ1) is 14.1. The zero-order chi connectivity index (χ0) is 20.1. The van der Waals surface area contributed by atoms with Crippen LogP contribution in [0.4, 0.5) is 0 Å². The normalized spacial score (nSPS) is 19.7. The van der Waals surface area contributed by atoms with Crippen molar-refractivity contribution in [2.45, 2.75) is 58.5 Å². The van der Waals surface area contributed by atoms with Crippen molar-refractivity contribution in [3.05, 3.63) is 46.5 Å². The minimum absolute atomic E-state index is 0.672. The second-order valence-electron chi connectivity index (χ2n) is 8.87. The van der Waals surface area contributed by atoms with Crippen LogP contribution in [0.15, 0.2) is 24.3 Å². The Labute approximate surface area is 173 Å². The largest absolute Gasteiger partial charge is 0.496 e. The molecule has 0 bridgehead atoms. The molecule has 0 spiro atoms. The number of hydrogen-bond acceptors (Lipinski definition) is 3. The molecular formula is C26H31NO2. The van der Waals surface area contributed by atoms with Gasteiger partial charge in [-0.05, 0) is 108 Å². The fraction of sp³-hybridized carbons (Fsp3) is 0.462. The van der Waals surface area contributed by atoms with Crippen molar-refractivity contribution in [1.29, 1.82) is 0 Å². The molecular weight excluding hydrogens is 358 g/mol. The van der Waals surface area contributed by atoms with E-state index in [9.17, 15) is 0 Å². The first kappa shape index (κ1) is 18.7. The number of fused-ring (bicyclic) bond motifs is 7. The monoisotopic (exact) mass is 389 g/mol. The molecule has 3 heteroatoms. The first-order valence-corrected chi connectivity index (χ1v) is 10.9. The van der Waals surface area contributed by atoms with E-state index in [-0.39, 0.29) is 0 Å². The Bertz CT molecular complexity index is 1010. The number of nitrogens with zero attached hydrogens (tertiary/aromatic N) is 1. The van der Waals surface area contributed by atoms with Crippen LogP contribution in [0.3, 0.4) is 0 Å². The molecule has 1 saturated heterocycles. The fourth-order valence-corrected chi connectivity index (χ4v) is 5.61. The van der Waals surface area contributed by atoms with Gasteiger partial charge in [-0.25, -0.2) is 0 Å². The maximum atomic E-state index is 5.71. The van der Waals surface area contributed by atoms with E-state index in [4.69, 9.17) is 9.47 Å². The predicted molar refractivity (Wildman–Crippen MR) is 120 cm³/mol. The lowest BCUT2D eigenvalue weighted by Crippen LogP contribution is -2.40. The highest BCUT2D eigenvalue weighted by atomic mass is 16.5. The van der Waals surface area contributed by atoms with Gasteiger partial charge in [0.25, 0.3) is 0 Å². The summed E-state index contributed by atoms with van der Waals surface area (Å²) in [6.45, 7) is 6.57. The van der Waals surface area contributed by atoms with Crippen LogP contribution in [-0.2, 0) is 13.0 Å². The molecule has 2 heterocycles. The van der Waals surface area contributed by atoms with Crippen molar-refractivity contribution >= 4 is 21.5 Å². The van der Waals surface area contributed by atoms with Crippen LogP contribution in [0.5, 0.6) is 11.5 Å². The smallest absolute Gasteiger partial charge is 0.122 e. The van der Waals surface area contributed by atoms with Gasteiger partial charge in [-0.2, -0.15) is 0 Å². The van der Waals surface area contributed by atoms with E-state index in [1.807, 2.05) is 0 Å². The third-order valence-electron chi connectivity index (χ3n) is 7.17. The molecule has 2 aliphatic heterocycles. The number of rotatable bonds is 2. The van der Waals surface area contributed by atoms with E-state index in [0.717, 1.165) is 24.5 Å². The number of aryl methyl sites for hydroxylation is 2. The minimum atomic E-state index is 0.672. The molecule has 1 unspecified atom stereocenters. The molecule has 3 aromatic carbocycles. The van der Waals surface area contributed by atoms with Crippen LogP contribution < -0.4 is 9.47 Å². The molecule has 0 amide bonds. The summed E-state index contributed by atoms with van der Waals surface area (Å²) in [5.74, 6) is 1.98. The Hall–Kier alpha value is -2.26. The van der Waals surface area contributed by atoms with Gasteiger partial charge in [0.2, 0.25) is 0 Å². The molecule has 2 aliphatic rings. The van der Waals surface area contributed by atoms with Crippen LogP contribution in [0, 0.1) is 13.8 Å². The molecule has 0 saturated carbocycles. The summed E-state index contributed by atoms with van der Waals surface area (Å²) in [6.07, 6.45) is 6.51. The SMILES string of the molecule is COc1cc2c3c(c4cc(OC)c(C)cc4c2cc1C)CN1CCCCCC1C3. The van der Waals surface area contributed by atoms with Crippen LogP contribution in [0.2, 0.25) is 0 Å². The number of hydrogen-bond donors (Lipinski definition) is 0. The van der Waals surface area contributed by atoms with Crippen LogP contribution in [0.25, 0.3) is 21.5 Å². The zero-order valence-electron chi connectivity index (χ0n) is 18.1. The van der Waals surface area contributed by atoms with Gasteiger partial charge >= 0.3 is 0 Å². The summed E-state index contributed by atoms with van der Waals surface area (Å²) in [7, 11) is 3.56. The minimum Gasteiger partial charge on any atom is -0.496 e. The molecule has 0 aromatic heterocycles. The molecule has 5 rings (SSSR count). The Morgan fingerprint density at radius 2 is 1.38 bits per heavy atom. The van der Waals surface area contributed by atoms with Gasteiger partial charge in [-0.3, -0.25) is 4.90 Å². The average molecular weight is 390 g/mol. The van der Waals surface area contributed by atoms with Crippen molar-refractivity contribution in [2.75, 3.05) is 20.8 Å². The third-order valence-corrected chi connectivity index (χ3v) is 7.17. The van der Waals surface area contributed by atoms with Crippen molar-refractivity contribution in [1.82, 2.24) is 4.90 Å². The fourth-order valence-electron chi connectivity index (χ4n) is 5.61. The van der Waals surface area contributed by atoms with Crippen molar-refractivity contribution in [2.24, 2.45) is 0 Å². The lowest BCUT2D eigenvalue weighted by Gasteiger charge is -2.37. The molecule has 152 valence electrons. The Morgan fingerprint density at radius 1 is 0.759 bits per heavy atom. The third kappa shape index (κ3) is 2.98. The van der Waals surface area contributed by atoms with Gasteiger partial charge in [0.1, 0.15) is 11.5 Å². The Balaban J connectivity index is 1.85. The molecule has 3 nitrogen and oxygen atoms in total. The van der Waals surface area contributed by atoms with E-state index in [2.05, 4.69) is 43.0 Å². The van der Waals surface area contributed by atoms with Gasteiger partial charge < -0.3 is 9.47 Å². The van der Waals surface area contributed by atoms with Crippen LogP contribution >= 0.6 is 0 Å². The summed E-state index contributed by atoms with van der Waals surface area (Å²) in [6, 6.07) is 9.87. The van der Waals surface area contributed by atoms with Crippen LogP contribution in [-0.4, -0.2) is 31.7 Å². The standard InChI is InChI=1S/C26H31NO2/c1-16-10-19-20-11-17(2)26(29-4)14-23(20)24-15-27-9-7-5-6-8-18(27)12-21(24)22(19)13-25(16)28-3/h10-11,13-14,18H,5-9,12,15H2,1-4H3. The number of ether oxygens (including phenoxy) is 2. The number of methoxy groups -OCH3 is 2. The highest BCUT2D eigenvalue weighted by molar-refractivity contribution is 6.12. The van der Waals surface area contributed by atoms with Crippen LogP contribution in [0.1, 0.15) is 47.9 Å². The summed E-state index contributed by atoms with van der Waals surface area (Å²) in [5, 5.41) is 5.44. The summed E-state index contributed by atoms with van der Waals surface area (Å²) < 4.78 is 11.4. The lowest BCUT2D eigenvalue weighted by molar-refractivity contribution is 0.177. The molecule has 1 atom stereocenters. The topological polar surface area (TPSA) is 21.7 Å². The van der Waals surface area contributed by atoms with Crippen molar-refractivity contribution in [3.8, 4) is 11.5 Å². The lowest BCUT2D eigenvalue weighted by atomic mass is 9.83. The van der Waals surface area contributed by atoms with Gasteiger partial charge in [-0.1, -0.05) is 12.8 Å². The van der Waals surface area contributed by atoms with Crippen molar-refractivity contribution < 1.29 is 9.47 Å². The second kappa shape index (κ2) is 7.21.